The second kappa shape index (κ2) is 12.9. The normalized spacial score (nSPS) is 16.1. The van der Waals surface area contributed by atoms with Gasteiger partial charge in [0.2, 0.25) is 0 Å². The van der Waals surface area contributed by atoms with E-state index < -0.39 is 11.5 Å². The van der Waals surface area contributed by atoms with Gasteiger partial charge in [-0.05, 0) is 100 Å². The summed E-state index contributed by atoms with van der Waals surface area (Å²) < 4.78 is 10.1. The molecule has 0 fully saturated rings. The van der Waals surface area contributed by atoms with Gasteiger partial charge in [0.25, 0.3) is 5.91 Å². The average molecular weight is 689 g/mol. The van der Waals surface area contributed by atoms with E-state index in [1.54, 1.807) is 12.3 Å². The number of hydrogen-bond donors (Lipinski definition) is 1. The SMILES string of the molecule is CC[C@@]1(c2c(C)nn(C)c2C)Cn2c(c(CCCOc3cc(C)c(Cl)c(C)c3)c3ccc(Cl)cc32)C(=O)N1Cc1ncccc1C(=O)O. The third-order valence-electron chi connectivity index (χ3n) is 9.75. The fourth-order valence-corrected chi connectivity index (χ4v) is 7.70. The number of amides is 1. The zero-order valence-corrected chi connectivity index (χ0v) is 29.5. The van der Waals surface area contributed by atoms with E-state index in [-0.39, 0.29) is 18.0 Å². The van der Waals surface area contributed by atoms with Crippen molar-refractivity contribution in [2.45, 2.75) is 72.5 Å². The molecule has 2 aromatic carbocycles. The minimum Gasteiger partial charge on any atom is -0.494 e. The van der Waals surface area contributed by atoms with Crippen molar-refractivity contribution < 1.29 is 19.4 Å². The van der Waals surface area contributed by atoms with Crippen molar-refractivity contribution in [1.29, 1.82) is 0 Å². The van der Waals surface area contributed by atoms with Gasteiger partial charge in [-0.3, -0.25) is 14.5 Å². The molecule has 250 valence electrons. The van der Waals surface area contributed by atoms with E-state index in [0.717, 1.165) is 55.3 Å². The predicted octanol–water partition coefficient (Wildman–Crippen LogP) is 7.98. The van der Waals surface area contributed by atoms with Crippen LogP contribution in [0.25, 0.3) is 10.9 Å². The molecule has 0 saturated heterocycles. The van der Waals surface area contributed by atoms with E-state index in [0.29, 0.717) is 48.8 Å². The molecule has 0 radical (unpaired) electrons. The van der Waals surface area contributed by atoms with Crippen molar-refractivity contribution in [3.05, 3.63) is 109 Å². The maximum atomic E-state index is 15.1. The topological polar surface area (TPSA) is 102 Å². The quantitative estimate of drug-likeness (QED) is 0.149. The third kappa shape index (κ3) is 5.62. The molecule has 4 heterocycles. The number of carbonyl (C=O) groups is 2. The van der Waals surface area contributed by atoms with E-state index in [1.807, 2.05) is 74.7 Å². The van der Waals surface area contributed by atoms with Crippen LogP contribution in [0.1, 0.15) is 79.9 Å². The molecule has 0 unspecified atom stereocenters. The molecule has 3 aromatic heterocycles. The second-order valence-corrected chi connectivity index (χ2v) is 13.5. The van der Waals surface area contributed by atoms with E-state index in [2.05, 4.69) is 16.5 Å². The molecule has 1 atom stereocenters. The van der Waals surface area contributed by atoms with Gasteiger partial charge in [0.1, 0.15) is 11.4 Å². The number of pyridine rings is 1. The van der Waals surface area contributed by atoms with Crippen LogP contribution in [-0.4, -0.2) is 47.8 Å². The van der Waals surface area contributed by atoms with Gasteiger partial charge < -0.3 is 19.3 Å². The summed E-state index contributed by atoms with van der Waals surface area (Å²) in [6.07, 6.45) is 3.37. The second-order valence-electron chi connectivity index (χ2n) is 12.6. The number of aryl methyl sites for hydroxylation is 5. The zero-order valence-electron chi connectivity index (χ0n) is 28.0. The number of rotatable bonds is 10. The van der Waals surface area contributed by atoms with Crippen LogP contribution in [0.3, 0.4) is 0 Å². The Hall–Kier alpha value is -4.34. The number of hydrogen-bond acceptors (Lipinski definition) is 5. The van der Waals surface area contributed by atoms with Gasteiger partial charge in [0.15, 0.2) is 0 Å². The van der Waals surface area contributed by atoms with Crippen molar-refractivity contribution >= 4 is 46.0 Å². The number of fused-ring (bicyclic) bond motifs is 3. The summed E-state index contributed by atoms with van der Waals surface area (Å²) in [5.74, 6) is -0.527. The molecule has 0 aliphatic carbocycles. The van der Waals surface area contributed by atoms with Crippen molar-refractivity contribution in [1.82, 2.24) is 24.2 Å². The summed E-state index contributed by atoms with van der Waals surface area (Å²) in [6.45, 7) is 10.8. The first kappa shape index (κ1) is 33.6. The minimum atomic E-state index is -1.09. The van der Waals surface area contributed by atoms with E-state index in [4.69, 9.17) is 33.0 Å². The Labute approximate surface area is 290 Å². The Bertz CT molecular complexity index is 2060. The number of benzene rings is 2. The van der Waals surface area contributed by atoms with Crippen LogP contribution in [0.15, 0.2) is 48.7 Å². The van der Waals surface area contributed by atoms with Gasteiger partial charge >= 0.3 is 5.97 Å². The largest absolute Gasteiger partial charge is 0.494 e. The maximum absolute atomic E-state index is 15.1. The number of carboxylic acids is 1. The van der Waals surface area contributed by atoms with Crippen molar-refractivity contribution in [3.63, 3.8) is 0 Å². The molecule has 0 bridgehead atoms. The van der Waals surface area contributed by atoms with Crippen LogP contribution in [-0.2, 0) is 32.1 Å². The third-order valence-corrected chi connectivity index (χ3v) is 10.6. The minimum absolute atomic E-state index is 0.0169. The highest BCUT2D eigenvalue weighted by Crippen LogP contribution is 2.46. The molecule has 0 spiro atoms. The number of carboxylic acid groups (broad SMARTS) is 1. The van der Waals surface area contributed by atoms with Crippen molar-refractivity contribution in [3.8, 4) is 5.75 Å². The smallest absolute Gasteiger partial charge is 0.337 e. The molecular weight excluding hydrogens is 649 g/mol. The van der Waals surface area contributed by atoms with Crippen LogP contribution in [0.4, 0.5) is 0 Å². The molecule has 1 amide bonds. The first-order chi connectivity index (χ1) is 22.9. The van der Waals surface area contributed by atoms with Gasteiger partial charge in [-0.1, -0.05) is 36.2 Å². The lowest BCUT2D eigenvalue weighted by atomic mass is 9.81. The molecule has 1 aliphatic heterocycles. The zero-order chi connectivity index (χ0) is 34.5. The molecule has 11 heteroatoms. The van der Waals surface area contributed by atoms with Gasteiger partial charge in [0.05, 0.1) is 47.7 Å². The first-order valence-corrected chi connectivity index (χ1v) is 16.8. The van der Waals surface area contributed by atoms with Crippen molar-refractivity contribution in [2.24, 2.45) is 7.05 Å². The molecule has 1 N–H and O–H groups in total. The Kier molecular flexibility index (Phi) is 9.04. The lowest BCUT2D eigenvalue weighted by Gasteiger charge is -2.48. The Morgan fingerprint density at radius 1 is 1.08 bits per heavy atom. The molecule has 1 aliphatic rings. The number of carbonyl (C=O) groups excluding carboxylic acids is 1. The van der Waals surface area contributed by atoms with Gasteiger partial charge in [-0.25, -0.2) is 4.79 Å². The van der Waals surface area contributed by atoms with E-state index in [9.17, 15) is 9.90 Å². The Morgan fingerprint density at radius 2 is 1.81 bits per heavy atom. The standard InChI is InChI=1S/C37H39Cl2N5O4/c1-7-37(32-23(4)41-42(6)24(32)5)20-43-31-18-25(38)12-13-27(31)28(11-9-15-48-26-16-21(2)33(39)22(3)17-26)34(43)35(45)44(37)19-30-29(36(46)47)10-8-14-40-30/h8,10,12-14,16-18H,7,9,11,15,19-20H2,1-6H3,(H,46,47)/t37-/m0/s1. The molecule has 6 rings (SSSR count). The molecular formula is C37H39Cl2N5O4. The van der Waals surface area contributed by atoms with Crippen LogP contribution < -0.4 is 4.74 Å². The molecule has 48 heavy (non-hydrogen) atoms. The lowest BCUT2D eigenvalue weighted by Crippen LogP contribution is -2.56. The number of aromatic carboxylic acids is 1. The summed E-state index contributed by atoms with van der Waals surface area (Å²) >= 11 is 12.9. The fourth-order valence-electron chi connectivity index (χ4n) is 7.43. The predicted molar refractivity (Wildman–Crippen MR) is 187 cm³/mol. The molecule has 0 saturated carbocycles. The molecule has 5 aromatic rings. The maximum Gasteiger partial charge on any atom is 0.337 e. The summed E-state index contributed by atoms with van der Waals surface area (Å²) in [5.41, 5.74) is 6.53. The van der Waals surface area contributed by atoms with Crippen LogP contribution >= 0.6 is 23.2 Å². The summed E-state index contributed by atoms with van der Waals surface area (Å²) in [5, 5.41) is 17.0. The highest BCUT2D eigenvalue weighted by Gasteiger charge is 2.49. The van der Waals surface area contributed by atoms with Crippen molar-refractivity contribution in [2.75, 3.05) is 6.61 Å². The van der Waals surface area contributed by atoms with Gasteiger partial charge in [0, 0.05) is 39.9 Å². The Balaban J connectivity index is 1.47. The van der Waals surface area contributed by atoms with E-state index >= 15 is 4.79 Å². The van der Waals surface area contributed by atoms with E-state index in [1.165, 1.54) is 6.07 Å². The monoisotopic (exact) mass is 687 g/mol. The molecule has 9 nitrogen and oxygen atoms in total. The number of halogens is 2. The summed E-state index contributed by atoms with van der Waals surface area (Å²) in [6, 6.07) is 12.8. The van der Waals surface area contributed by atoms with Crippen LogP contribution in [0.2, 0.25) is 10.0 Å². The first-order valence-electron chi connectivity index (χ1n) is 16.1. The highest BCUT2D eigenvalue weighted by molar-refractivity contribution is 6.32. The van der Waals surface area contributed by atoms with Gasteiger partial charge in [-0.2, -0.15) is 5.10 Å². The summed E-state index contributed by atoms with van der Waals surface area (Å²) in [7, 11) is 1.90. The fraction of sp³-hybridized carbons (Fsp3) is 0.351. The Morgan fingerprint density at radius 3 is 2.46 bits per heavy atom. The number of nitrogens with zero attached hydrogens (tertiary/aromatic N) is 5. The number of aromatic nitrogens is 4. The van der Waals surface area contributed by atoms with Crippen LogP contribution in [0.5, 0.6) is 5.75 Å². The number of ether oxygens (including phenoxy) is 1. The van der Waals surface area contributed by atoms with Crippen LogP contribution in [0, 0.1) is 27.7 Å². The summed E-state index contributed by atoms with van der Waals surface area (Å²) in [4.78, 5) is 33.7. The lowest BCUT2D eigenvalue weighted by molar-refractivity contribution is 0.0223. The average Bonchev–Trinajstić information content (AvgIpc) is 3.49. The highest BCUT2D eigenvalue weighted by atomic mass is 35.5. The van der Waals surface area contributed by atoms with Gasteiger partial charge in [-0.15, -0.1) is 0 Å².